The van der Waals surface area contributed by atoms with Gasteiger partial charge in [0.2, 0.25) is 0 Å². The molecule has 0 aliphatic rings. The van der Waals surface area contributed by atoms with Gasteiger partial charge in [-0.2, -0.15) is 0 Å². The van der Waals surface area contributed by atoms with Gasteiger partial charge >= 0.3 is 0 Å². The topological polar surface area (TPSA) is 56.3 Å². The maximum atomic E-state index is 5.57. The molecule has 0 unspecified atom stereocenters. The van der Waals surface area contributed by atoms with Crippen molar-refractivity contribution in [3.63, 3.8) is 0 Å². The van der Waals surface area contributed by atoms with Crippen LogP contribution in [-0.2, 0) is 9.47 Å². The van der Waals surface area contributed by atoms with Crippen LogP contribution in [-0.4, -0.2) is 36.0 Å². The molecule has 0 atom stereocenters. The first-order chi connectivity index (χ1) is 11.8. The Bertz CT molecular complexity index is 770. The van der Waals surface area contributed by atoms with E-state index in [-0.39, 0.29) is 6.29 Å². The molecule has 5 nitrogen and oxygen atoms in total. The van der Waals surface area contributed by atoms with Gasteiger partial charge in [-0.25, -0.2) is 9.97 Å². The van der Waals surface area contributed by atoms with E-state index in [1.807, 2.05) is 32.0 Å². The van der Waals surface area contributed by atoms with Gasteiger partial charge in [0.15, 0.2) is 6.29 Å². The van der Waals surface area contributed by atoms with Crippen molar-refractivity contribution in [1.82, 2.24) is 9.97 Å². The highest BCUT2D eigenvalue weighted by Crippen LogP contribution is 2.34. The van der Waals surface area contributed by atoms with Gasteiger partial charge in [0, 0.05) is 18.1 Å². The molecule has 126 valence electrons. The molecular weight excluding hydrogens is 322 g/mol. The van der Waals surface area contributed by atoms with E-state index in [1.165, 1.54) is 10.4 Å². The zero-order valence-corrected chi connectivity index (χ0v) is 14.7. The fraction of sp³-hybridized carbons (Fsp3) is 0.333. The highest BCUT2D eigenvalue weighted by atomic mass is 32.1. The SMILES string of the molecule is CCOC(CNc1ncnc2sc(-c3ccccc3)cc12)OCC. The molecule has 0 fully saturated rings. The lowest BCUT2D eigenvalue weighted by Crippen LogP contribution is -2.26. The van der Waals surface area contributed by atoms with Crippen LogP contribution in [0.2, 0.25) is 0 Å². The molecule has 0 saturated carbocycles. The predicted octanol–water partition coefficient (Wildman–Crippen LogP) is 4.17. The molecule has 0 saturated heterocycles. The van der Waals surface area contributed by atoms with Crippen molar-refractivity contribution in [2.45, 2.75) is 20.1 Å². The Morgan fingerprint density at radius 2 is 1.83 bits per heavy atom. The lowest BCUT2D eigenvalue weighted by atomic mass is 10.2. The van der Waals surface area contributed by atoms with Crippen molar-refractivity contribution < 1.29 is 9.47 Å². The van der Waals surface area contributed by atoms with E-state index < -0.39 is 0 Å². The van der Waals surface area contributed by atoms with Crippen LogP contribution in [0.3, 0.4) is 0 Å². The van der Waals surface area contributed by atoms with Gasteiger partial charge in [-0.05, 0) is 25.5 Å². The Morgan fingerprint density at radius 3 is 2.54 bits per heavy atom. The van der Waals surface area contributed by atoms with Gasteiger partial charge in [0.1, 0.15) is 17.0 Å². The zero-order chi connectivity index (χ0) is 16.8. The van der Waals surface area contributed by atoms with Crippen LogP contribution >= 0.6 is 11.3 Å². The van der Waals surface area contributed by atoms with E-state index in [9.17, 15) is 0 Å². The first kappa shape index (κ1) is 16.8. The summed E-state index contributed by atoms with van der Waals surface area (Å²) in [5.41, 5.74) is 1.19. The summed E-state index contributed by atoms with van der Waals surface area (Å²) in [5, 5.41) is 4.35. The third kappa shape index (κ3) is 3.90. The Kier molecular flexibility index (Phi) is 5.74. The molecular formula is C18H21N3O2S. The standard InChI is InChI=1S/C18H21N3O2S/c1-3-22-16(23-4-2)11-19-17-14-10-15(13-8-6-5-7-9-13)24-18(14)21-12-20-17/h5-10,12,16H,3-4,11H2,1-2H3,(H,19,20,21). The predicted molar refractivity (Wildman–Crippen MR) is 98.4 cm³/mol. The van der Waals surface area contributed by atoms with E-state index in [0.29, 0.717) is 19.8 Å². The third-order valence-corrected chi connectivity index (χ3v) is 4.62. The van der Waals surface area contributed by atoms with E-state index >= 15 is 0 Å². The minimum atomic E-state index is -0.280. The lowest BCUT2D eigenvalue weighted by molar-refractivity contribution is -0.126. The molecule has 0 aliphatic heterocycles. The van der Waals surface area contributed by atoms with E-state index in [0.717, 1.165) is 16.0 Å². The van der Waals surface area contributed by atoms with Gasteiger partial charge in [-0.15, -0.1) is 11.3 Å². The monoisotopic (exact) mass is 343 g/mol. The molecule has 0 amide bonds. The maximum Gasteiger partial charge on any atom is 0.174 e. The number of hydrogen-bond acceptors (Lipinski definition) is 6. The summed E-state index contributed by atoms with van der Waals surface area (Å²) in [6, 6.07) is 12.4. The fourth-order valence-electron chi connectivity index (χ4n) is 2.46. The summed E-state index contributed by atoms with van der Waals surface area (Å²) in [6.07, 6.45) is 1.31. The van der Waals surface area contributed by atoms with E-state index in [2.05, 4.69) is 33.5 Å². The second kappa shape index (κ2) is 8.19. The number of benzene rings is 1. The highest BCUT2D eigenvalue weighted by Gasteiger charge is 2.12. The van der Waals surface area contributed by atoms with Crippen LogP contribution in [0.1, 0.15) is 13.8 Å². The van der Waals surface area contributed by atoms with E-state index in [1.54, 1.807) is 17.7 Å². The summed E-state index contributed by atoms with van der Waals surface area (Å²) in [4.78, 5) is 10.9. The summed E-state index contributed by atoms with van der Waals surface area (Å²) >= 11 is 1.67. The number of ether oxygens (including phenoxy) is 2. The molecule has 1 aromatic carbocycles. The van der Waals surface area contributed by atoms with Gasteiger partial charge < -0.3 is 14.8 Å². The molecule has 2 heterocycles. The summed E-state index contributed by atoms with van der Waals surface area (Å²) < 4.78 is 11.1. The summed E-state index contributed by atoms with van der Waals surface area (Å²) in [6.45, 7) is 5.69. The van der Waals surface area contributed by atoms with Crippen LogP contribution in [0, 0.1) is 0 Å². The van der Waals surface area contributed by atoms with Crippen LogP contribution < -0.4 is 5.32 Å². The molecule has 0 bridgehead atoms. The molecule has 0 spiro atoms. The number of rotatable bonds is 8. The van der Waals surface area contributed by atoms with Crippen LogP contribution in [0.15, 0.2) is 42.7 Å². The third-order valence-electron chi connectivity index (χ3n) is 3.53. The van der Waals surface area contributed by atoms with Gasteiger partial charge in [-0.3, -0.25) is 0 Å². The van der Waals surface area contributed by atoms with Crippen molar-refractivity contribution in [3.8, 4) is 10.4 Å². The minimum absolute atomic E-state index is 0.280. The Balaban J connectivity index is 1.82. The zero-order valence-electron chi connectivity index (χ0n) is 13.9. The Labute approximate surface area is 145 Å². The summed E-state index contributed by atoms with van der Waals surface area (Å²) in [5.74, 6) is 0.808. The van der Waals surface area contributed by atoms with Crippen molar-refractivity contribution in [2.24, 2.45) is 0 Å². The van der Waals surface area contributed by atoms with Crippen LogP contribution in [0.4, 0.5) is 5.82 Å². The average molecular weight is 343 g/mol. The fourth-order valence-corrected chi connectivity index (χ4v) is 3.46. The summed E-state index contributed by atoms with van der Waals surface area (Å²) in [7, 11) is 0. The minimum Gasteiger partial charge on any atom is -0.364 e. The quantitative estimate of drug-likeness (QED) is 0.622. The van der Waals surface area contributed by atoms with Crippen molar-refractivity contribution in [3.05, 3.63) is 42.7 Å². The van der Waals surface area contributed by atoms with Crippen molar-refractivity contribution in [2.75, 3.05) is 25.1 Å². The first-order valence-electron chi connectivity index (χ1n) is 8.08. The molecule has 2 aromatic heterocycles. The number of aromatic nitrogens is 2. The number of nitrogens with zero attached hydrogens (tertiary/aromatic N) is 2. The Hall–Kier alpha value is -2.02. The number of anilines is 1. The smallest absolute Gasteiger partial charge is 0.174 e. The highest BCUT2D eigenvalue weighted by molar-refractivity contribution is 7.21. The second-order valence-corrected chi connectivity index (χ2v) is 6.17. The lowest BCUT2D eigenvalue weighted by Gasteiger charge is -2.17. The van der Waals surface area contributed by atoms with Crippen LogP contribution in [0.5, 0.6) is 0 Å². The molecule has 6 heteroatoms. The number of fused-ring (bicyclic) bond motifs is 1. The Morgan fingerprint density at radius 1 is 1.08 bits per heavy atom. The molecule has 3 rings (SSSR count). The first-order valence-corrected chi connectivity index (χ1v) is 8.90. The van der Waals surface area contributed by atoms with Gasteiger partial charge in [0.05, 0.1) is 11.9 Å². The van der Waals surface area contributed by atoms with E-state index in [4.69, 9.17) is 9.47 Å². The molecule has 3 aromatic rings. The van der Waals surface area contributed by atoms with Gasteiger partial charge in [-0.1, -0.05) is 30.3 Å². The molecule has 24 heavy (non-hydrogen) atoms. The number of nitrogens with one attached hydrogen (secondary N) is 1. The second-order valence-electron chi connectivity index (χ2n) is 5.14. The van der Waals surface area contributed by atoms with Crippen molar-refractivity contribution >= 4 is 27.4 Å². The largest absolute Gasteiger partial charge is 0.364 e. The van der Waals surface area contributed by atoms with Crippen LogP contribution in [0.25, 0.3) is 20.7 Å². The molecule has 0 radical (unpaired) electrons. The maximum absolute atomic E-state index is 5.57. The molecule has 1 N–H and O–H groups in total. The number of thiophene rings is 1. The van der Waals surface area contributed by atoms with Crippen molar-refractivity contribution in [1.29, 1.82) is 0 Å². The number of hydrogen-bond donors (Lipinski definition) is 1. The normalized spacial score (nSPS) is 11.3. The average Bonchev–Trinajstić information content (AvgIpc) is 3.06. The van der Waals surface area contributed by atoms with Gasteiger partial charge in [0.25, 0.3) is 0 Å². The molecule has 0 aliphatic carbocycles.